The van der Waals surface area contributed by atoms with Crippen LogP contribution in [0, 0.1) is 6.92 Å². The number of hydrogen-bond donors (Lipinski definition) is 1. The second-order valence-electron chi connectivity index (χ2n) is 5.75. The minimum atomic E-state index is 0.348. The Bertz CT molecular complexity index is 588. The number of piperidine rings is 1. The number of aryl methyl sites for hydroxylation is 1. The van der Waals surface area contributed by atoms with Crippen LogP contribution in [0.4, 0.5) is 0 Å². The van der Waals surface area contributed by atoms with Crippen molar-refractivity contribution in [3.05, 3.63) is 41.6 Å². The first-order chi connectivity index (χ1) is 9.78. The van der Waals surface area contributed by atoms with Crippen molar-refractivity contribution in [3.8, 4) is 0 Å². The molecule has 1 aromatic heterocycles. The van der Waals surface area contributed by atoms with Gasteiger partial charge in [-0.3, -0.25) is 9.88 Å². The van der Waals surface area contributed by atoms with Gasteiger partial charge in [-0.15, -0.1) is 0 Å². The molecule has 1 aliphatic heterocycles. The molecule has 3 nitrogen and oxygen atoms in total. The third kappa shape index (κ3) is 2.69. The quantitative estimate of drug-likeness (QED) is 0.931. The highest BCUT2D eigenvalue weighted by Gasteiger charge is 2.21. The lowest BCUT2D eigenvalue weighted by Gasteiger charge is -2.34. The van der Waals surface area contributed by atoms with E-state index in [1.807, 2.05) is 6.92 Å². The Labute approximate surface area is 120 Å². The van der Waals surface area contributed by atoms with E-state index in [-0.39, 0.29) is 0 Å². The molecule has 0 bridgehead atoms. The van der Waals surface area contributed by atoms with E-state index in [0.717, 1.165) is 11.2 Å². The lowest BCUT2D eigenvalue weighted by atomic mass is 10.00. The fourth-order valence-electron chi connectivity index (χ4n) is 3.18. The molecule has 1 unspecified atom stereocenters. The SMILES string of the molecule is Cc1ccc2cc(C(CN)N3CCCCC3)ccc2n1. The molecule has 0 aliphatic carbocycles. The molecule has 2 N–H and O–H groups in total. The molecule has 1 fully saturated rings. The Morgan fingerprint density at radius 2 is 1.95 bits per heavy atom. The predicted octanol–water partition coefficient (Wildman–Crippen LogP) is 3.03. The van der Waals surface area contributed by atoms with Gasteiger partial charge in [0.15, 0.2) is 0 Å². The number of nitrogens with two attached hydrogens (primary N) is 1. The van der Waals surface area contributed by atoms with Crippen molar-refractivity contribution in [2.45, 2.75) is 32.2 Å². The van der Waals surface area contributed by atoms with Crippen molar-refractivity contribution in [3.63, 3.8) is 0 Å². The molecular weight excluding hydrogens is 246 g/mol. The second-order valence-corrected chi connectivity index (χ2v) is 5.75. The number of pyridine rings is 1. The van der Waals surface area contributed by atoms with Gasteiger partial charge in [0, 0.05) is 23.7 Å². The molecule has 0 radical (unpaired) electrons. The molecule has 1 saturated heterocycles. The maximum absolute atomic E-state index is 6.05. The van der Waals surface area contributed by atoms with E-state index < -0.39 is 0 Å². The van der Waals surface area contributed by atoms with E-state index in [4.69, 9.17) is 5.73 Å². The number of likely N-dealkylation sites (tertiary alicyclic amines) is 1. The summed E-state index contributed by atoms with van der Waals surface area (Å²) in [4.78, 5) is 7.10. The summed E-state index contributed by atoms with van der Waals surface area (Å²) in [6, 6.07) is 11.2. The van der Waals surface area contributed by atoms with Crippen LogP contribution in [-0.4, -0.2) is 29.5 Å². The summed E-state index contributed by atoms with van der Waals surface area (Å²) in [5.74, 6) is 0. The minimum absolute atomic E-state index is 0.348. The summed E-state index contributed by atoms with van der Waals surface area (Å²) < 4.78 is 0. The van der Waals surface area contributed by atoms with Gasteiger partial charge < -0.3 is 5.73 Å². The lowest BCUT2D eigenvalue weighted by Crippen LogP contribution is -2.37. The smallest absolute Gasteiger partial charge is 0.0705 e. The second kappa shape index (κ2) is 5.90. The van der Waals surface area contributed by atoms with Crippen molar-refractivity contribution in [1.82, 2.24) is 9.88 Å². The van der Waals surface area contributed by atoms with Crippen LogP contribution in [0.2, 0.25) is 0 Å². The average Bonchev–Trinajstić information content (AvgIpc) is 2.49. The predicted molar refractivity (Wildman–Crippen MR) is 83.7 cm³/mol. The Morgan fingerprint density at radius 3 is 2.70 bits per heavy atom. The molecule has 0 amide bonds. The molecule has 3 heteroatoms. The molecule has 0 saturated carbocycles. The molecular formula is C17H23N3. The molecule has 3 rings (SSSR count). The van der Waals surface area contributed by atoms with Gasteiger partial charge in [0.25, 0.3) is 0 Å². The third-order valence-corrected chi connectivity index (χ3v) is 4.29. The first kappa shape index (κ1) is 13.5. The molecule has 2 aromatic rings. The van der Waals surface area contributed by atoms with Crippen LogP contribution in [0.1, 0.15) is 36.6 Å². The minimum Gasteiger partial charge on any atom is -0.329 e. The van der Waals surface area contributed by atoms with Gasteiger partial charge in [-0.1, -0.05) is 18.6 Å². The van der Waals surface area contributed by atoms with Gasteiger partial charge in [0.2, 0.25) is 0 Å². The van der Waals surface area contributed by atoms with Crippen LogP contribution in [0.25, 0.3) is 10.9 Å². The van der Waals surface area contributed by atoms with E-state index in [0.29, 0.717) is 12.6 Å². The van der Waals surface area contributed by atoms with Crippen molar-refractivity contribution >= 4 is 10.9 Å². The van der Waals surface area contributed by atoms with Crippen molar-refractivity contribution < 1.29 is 0 Å². The maximum atomic E-state index is 6.05. The highest BCUT2D eigenvalue weighted by atomic mass is 15.2. The highest BCUT2D eigenvalue weighted by Crippen LogP contribution is 2.26. The van der Waals surface area contributed by atoms with Gasteiger partial charge in [-0.05, 0) is 56.6 Å². The van der Waals surface area contributed by atoms with E-state index in [1.165, 1.54) is 43.3 Å². The standard InChI is InChI=1S/C17H23N3/c1-13-5-6-14-11-15(7-8-16(14)19-13)17(12-18)20-9-3-2-4-10-20/h5-8,11,17H,2-4,9-10,12,18H2,1H3. The number of rotatable bonds is 3. The van der Waals surface area contributed by atoms with Crippen LogP contribution >= 0.6 is 0 Å². The van der Waals surface area contributed by atoms with Crippen LogP contribution in [-0.2, 0) is 0 Å². The summed E-state index contributed by atoms with van der Waals surface area (Å²) in [6.45, 7) is 5.06. The normalized spacial score (nSPS) is 18.3. The first-order valence-corrected chi connectivity index (χ1v) is 7.59. The molecule has 1 atom stereocenters. The van der Waals surface area contributed by atoms with Gasteiger partial charge in [0.1, 0.15) is 0 Å². The number of fused-ring (bicyclic) bond motifs is 1. The average molecular weight is 269 g/mol. The summed E-state index contributed by atoms with van der Waals surface area (Å²) in [7, 11) is 0. The van der Waals surface area contributed by atoms with Gasteiger partial charge in [0.05, 0.1) is 5.52 Å². The van der Waals surface area contributed by atoms with Crippen LogP contribution in [0.5, 0.6) is 0 Å². The fourth-order valence-corrected chi connectivity index (χ4v) is 3.18. The maximum Gasteiger partial charge on any atom is 0.0705 e. The molecule has 106 valence electrons. The zero-order valence-electron chi connectivity index (χ0n) is 12.2. The highest BCUT2D eigenvalue weighted by molar-refractivity contribution is 5.79. The monoisotopic (exact) mass is 269 g/mol. The third-order valence-electron chi connectivity index (χ3n) is 4.29. The molecule has 0 spiro atoms. The van der Waals surface area contributed by atoms with Gasteiger partial charge in [-0.2, -0.15) is 0 Å². The zero-order chi connectivity index (χ0) is 13.9. The summed E-state index contributed by atoms with van der Waals surface area (Å²) in [6.07, 6.45) is 3.95. The fraction of sp³-hybridized carbons (Fsp3) is 0.471. The van der Waals surface area contributed by atoms with Crippen LogP contribution < -0.4 is 5.73 Å². The summed E-state index contributed by atoms with van der Waals surface area (Å²) in [5, 5.41) is 1.21. The van der Waals surface area contributed by atoms with Gasteiger partial charge >= 0.3 is 0 Å². The Hall–Kier alpha value is -1.45. The van der Waals surface area contributed by atoms with Crippen molar-refractivity contribution in [1.29, 1.82) is 0 Å². The molecule has 2 heterocycles. The van der Waals surface area contributed by atoms with Gasteiger partial charge in [-0.25, -0.2) is 0 Å². The van der Waals surface area contributed by atoms with E-state index in [2.05, 4.69) is 40.2 Å². The number of hydrogen-bond acceptors (Lipinski definition) is 3. The number of benzene rings is 1. The molecule has 20 heavy (non-hydrogen) atoms. The summed E-state index contributed by atoms with van der Waals surface area (Å²) in [5.41, 5.74) is 9.51. The number of aromatic nitrogens is 1. The Kier molecular flexibility index (Phi) is 3.99. The number of nitrogens with zero attached hydrogens (tertiary/aromatic N) is 2. The van der Waals surface area contributed by atoms with Crippen LogP contribution in [0.3, 0.4) is 0 Å². The van der Waals surface area contributed by atoms with Crippen molar-refractivity contribution in [2.75, 3.05) is 19.6 Å². The molecule has 1 aliphatic rings. The largest absolute Gasteiger partial charge is 0.329 e. The topological polar surface area (TPSA) is 42.1 Å². The van der Waals surface area contributed by atoms with Crippen LogP contribution in [0.15, 0.2) is 30.3 Å². The summed E-state index contributed by atoms with van der Waals surface area (Å²) >= 11 is 0. The Balaban J connectivity index is 1.92. The van der Waals surface area contributed by atoms with E-state index in [9.17, 15) is 0 Å². The lowest BCUT2D eigenvalue weighted by molar-refractivity contribution is 0.167. The Morgan fingerprint density at radius 1 is 1.15 bits per heavy atom. The van der Waals surface area contributed by atoms with E-state index in [1.54, 1.807) is 0 Å². The van der Waals surface area contributed by atoms with E-state index >= 15 is 0 Å². The molecule has 1 aromatic carbocycles. The zero-order valence-corrected chi connectivity index (χ0v) is 12.2. The first-order valence-electron chi connectivity index (χ1n) is 7.59. The van der Waals surface area contributed by atoms with Crippen molar-refractivity contribution in [2.24, 2.45) is 5.73 Å².